The number of carboxylic acids is 1. The van der Waals surface area contributed by atoms with E-state index in [1.807, 2.05) is 12.1 Å². The largest absolute Gasteiger partial charge is 0.480 e. The number of hydrogen-bond acceptors (Lipinski definition) is 4. The molecule has 0 aliphatic heterocycles. The SMILES string of the molecule is Cc1nn(CC(=O)O)c(=O)c2c(-n3cccc3)oc(C)c12. The van der Waals surface area contributed by atoms with E-state index in [0.29, 0.717) is 28.1 Å². The van der Waals surface area contributed by atoms with Crippen molar-refractivity contribution >= 4 is 16.7 Å². The summed E-state index contributed by atoms with van der Waals surface area (Å²) in [7, 11) is 0. The van der Waals surface area contributed by atoms with Gasteiger partial charge in [0, 0.05) is 12.4 Å². The van der Waals surface area contributed by atoms with E-state index in [9.17, 15) is 9.59 Å². The van der Waals surface area contributed by atoms with Gasteiger partial charge in [-0.25, -0.2) is 4.68 Å². The molecule has 3 aromatic heterocycles. The lowest BCUT2D eigenvalue weighted by Crippen LogP contribution is -2.27. The normalized spacial score (nSPS) is 11.1. The van der Waals surface area contributed by atoms with Gasteiger partial charge >= 0.3 is 5.97 Å². The van der Waals surface area contributed by atoms with Crippen LogP contribution in [-0.2, 0) is 11.3 Å². The first-order valence-corrected chi connectivity index (χ1v) is 6.35. The number of carboxylic acid groups (broad SMARTS) is 1. The fourth-order valence-electron chi connectivity index (χ4n) is 2.46. The third-order valence-electron chi connectivity index (χ3n) is 3.27. The second kappa shape index (κ2) is 4.62. The number of nitrogens with zero attached hydrogens (tertiary/aromatic N) is 3. The van der Waals surface area contributed by atoms with Gasteiger partial charge in [0.15, 0.2) is 0 Å². The summed E-state index contributed by atoms with van der Waals surface area (Å²) in [6.07, 6.45) is 3.52. The predicted molar refractivity (Wildman–Crippen MR) is 74.7 cm³/mol. The van der Waals surface area contributed by atoms with Gasteiger partial charge in [0.1, 0.15) is 17.7 Å². The van der Waals surface area contributed by atoms with E-state index in [2.05, 4.69) is 5.10 Å². The van der Waals surface area contributed by atoms with Gasteiger partial charge in [-0.2, -0.15) is 5.10 Å². The van der Waals surface area contributed by atoms with Crippen molar-refractivity contribution in [2.24, 2.45) is 0 Å². The average Bonchev–Trinajstić information content (AvgIpc) is 3.02. The summed E-state index contributed by atoms with van der Waals surface area (Å²) in [4.78, 5) is 23.4. The molecule has 0 saturated carbocycles. The molecule has 3 rings (SSSR count). The molecule has 0 aromatic carbocycles. The zero-order valence-electron chi connectivity index (χ0n) is 11.5. The van der Waals surface area contributed by atoms with Gasteiger partial charge in [0.2, 0.25) is 5.88 Å². The minimum absolute atomic E-state index is 0.345. The van der Waals surface area contributed by atoms with Crippen molar-refractivity contribution in [2.45, 2.75) is 20.4 Å². The van der Waals surface area contributed by atoms with Crippen LogP contribution in [0, 0.1) is 13.8 Å². The van der Waals surface area contributed by atoms with Gasteiger partial charge < -0.3 is 9.52 Å². The fraction of sp³-hybridized carbons (Fsp3) is 0.214. The highest BCUT2D eigenvalue weighted by molar-refractivity contribution is 5.91. The highest BCUT2D eigenvalue weighted by Crippen LogP contribution is 2.27. The third kappa shape index (κ3) is 2.03. The number of fused-ring (bicyclic) bond motifs is 1. The maximum atomic E-state index is 12.5. The molecule has 0 aliphatic carbocycles. The van der Waals surface area contributed by atoms with Crippen molar-refractivity contribution in [2.75, 3.05) is 0 Å². The van der Waals surface area contributed by atoms with Crippen LogP contribution in [0.4, 0.5) is 0 Å². The Balaban J connectivity index is 2.39. The Bertz CT molecular complexity index is 887. The van der Waals surface area contributed by atoms with Crippen molar-refractivity contribution < 1.29 is 14.3 Å². The molecular formula is C14H13N3O4. The number of aromatic nitrogens is 3. The molecule has 0 radical (unpaired) electrons. The lowest BCUT2D eigenvalue weighted by atomic mass is 10.2. The topological polar surface area (TPSA) is 90.3 Å². The smallest absolute Gasteiger partial charge is 0.325 e. The molecule has 3 heterocycles. The molecule has 3 aromatic rings. The van der Waals surface area contributed by atoms with E-state index < -0.39 is 18.1 Å². The highest BCUT2D eigenvalue weighted by Gasteiger charge is 2.20. The van der Waals surface area contributed by atoms with Crippen LogP contribution in [0.25, 0.3) is 16.7 Å². The molecule has 108 valence electrons. The molecule has 0 amide bonds. The van der Waals surface area contributed by atoms with Gasteiger partial charge in [-0.05, 0) is 26.0 Å². The first-order valence-electron chi connectivity index (χ1n) is 6.35. The van der Waals surface area contributed by atoms with E-state index in [4.69, 9.17) is 9.52 Å². The van der Waals surface area contributed by atoms with Gasteiger partial charge in [-0.15, -0.1) is 0 Å². The Kier molecular flexibility index (Phi) is 2.90. The van der Waals surface area contributed by atoms with Crippen LogP contribution >= 0.6 is 0 Å². The number of aryl methyl sites for hydroxylation is 2. The summed E-state index contributed by atoms with van der Waals surface area (Å²) in [5, 5.41) is 13.9. The van der Waals surface area contributed by atoms with E-state index >= 15 is 0 Å². The van der Waals surface area contributed by atoms with Crippen LogP contribution in [0.3, 0.4) is 0 Å². The molecule has 0 bridgehead atoms. The second-order valence-electron chi connectivity index (χ2n) is 4.75. The minimum Gasteiger partial charge on any atom is -0.480 e. The maximum Gasteiger partial charge on any atom is 0.325 e. The predicted octanol–water partition coefficient (Wildman–Crippen LogP) is 1.48. The van der Waals surface area contributed by atoms with Gasteiger partial charge in [-0.3, -0.25) is 14.2 Å². The standard InChI is InChI=1S/C14H13N3O4/c1-8-11-9(2)21-14(16-5-3-4-6-16)12(11)13(20)17(15-8)7-10(18)19/h3-6H,7H2,1-2H3,(H,18,19). The molecule has 0 fully saturated rings. The van der Waals surface area contributed by atoms with Crippen LogP contribution in [0.5, 0.6) is 0 Å². The summed E-state index contributed by atoms with van der Waals surface area (Å²) in [5.41, 5.74) is 0.0871. The van der Waals surface area contributed by atoms with Gasteiger partial charge in [0.25, 0.3) is 5.56 Å². The molecule has 0 saturated heterocycles. The van der Waals surface area contributed by atoms with E-state index in [-0.39, 0.29) is 0 Å². The third-order valence-corrected chi connectivity index (χ3v) is 3.27. The van der Waals surface area contributed by atoms with Gasteiger partial charge in [0.05, 0.1) is 11.1 Å². The Labute approximate surface area is 119 Å². The number of aliphatic carboxylic acids is 1. The van der Waals surface area contributed by atoms with Crippen LogP contribution in [0.15, 0.2) is 33.7 Å². The quantitative estimate of drug-likeness (QED) is 0.788. The molecule has 7 nitrogen and oxygen atoms in total. The fourth-order valence-corrected chi connectivity index (χ4v) is 2.46. The molecule has 0 spiro atoms. The van der Waals surface area contributed by atoms with Crippen LogP contribution in [0.1, 0.15) is 11.5 Å². The molecule has 0 atom stereocenters. The van der Waals surface area contributed by atoms with E-state index in [1.165, 1.54) is 0 Å². The number of carbonyl (C=O) groups is 1. The number of furan rings is 1. The zero-order chi connectivity index (χ0) is 15.1. The van der Waals surface area contributed by atoms with Crippen molar-refractivity contribution in [3.05, 3.63) is 46.3 Å². The summed E-state index contributed by atoms with van der Waals surface area (Å²) < 4.78 is 8.32. The van der Waals surface area contributed by atoms with E-state index in [0.717, 1.165) is 4.68 Å². The van der Waals surface area contributed by atoms with E-state index in [1.54, 1.807) is 30.8 Å². The molecule has 1 N–H and O–H groups in total. The molecule has 7 heteroatoms. The number of hydrogen-bond donors (Lipinski definition) is 1. The van der Waals surface area contributed by atoms with Crippen molar-refractivity contribution in [1.82, 2.24) is 14.3 Å². The molecular weight excluding hydrogens is 274 g/mol. The summed E-state index contributed by atoms with van der Waals surface area (Å²) in [6.45, 7) is 3.00. The summed E-state index contributed by atoms with van der Waals surface area (Å²) >= 11 is 0. The number of rotatable bonds is 3. The first-order chi connectivity index (χ1) is 9.99. The van der Waals surface area contributed by atoms with Crippen LogP contribution < -0.4 is 5.56 Å². The minimum atomic E-state index is -1.12. The Hall–Kier alpha value is -2.83. The lowest BCUT2D eigenvalue weighted by Gasteiger charge is -2.04. The monoisotopic (exact) mass is 287 g/mol. The average molecular weight is 287 g/mol. The molecule has 21 heavy (non-hydrogen) atoms. The zero-order valence-corrected chi connectivity index (χ0v) is 11.5. The van der Waals surface area contributed by atoms with Crippen molar-refractivity contribution in [3.63, 3.8) is 0 Å². The molecule has 0 unspecified atom stereocenters. The second-order valence-corrected chi connectivity index (χ2v) is 4.75. The Morgan fingerprint density at radius 3 is 2.57 bits per heavy atom. The Morgan fingerprint density at radius 2 is 1.95 bits per heavy atom. The van der Waals surface area contributed by atoms with Crippen LogP contribution in [0.2, 0.25) is 0 Å². The first kappa shape index (κ1) is 13.2. The van der Waals surface area contributed by atoms with Crippen molar-refractivity contribution in [3.8, 4) is 5.88 Å². The lowest BCUT2D eigenvalue weighted by molar-refractivity contribution is -0.138. The summed E-state index contributed by atoms with van der Waals surface area (Å²) in [5.74, 6) is -0.161. The Morgan fingerprint density at radius 1 is 1.29 bits per heavy atom. The van der Waals surface area contributed by atoms with Crippen molar-refractivity contribution in [1.29, 1.82) is 0 Å². The van der Waals surface area contributed by atoms with Gasteiger partial charge in [-0.1, -0.05) is 0 Å². The maximum absolute atomic E-state index is 12.5. The van der Waals surface area contributed by atoms with Crippen LogP contribution in [-0.4, -0.2) is 25.4 Å². The summed E-state index contributed by atoms with van der Waals surface area (Å²) in [6, 6.07) is 3.63. The molecule has 0 aliphatic rings. The highest BCUT2D eigenvalue weighted by atomic mass is 16.4.